The minimum absolute atomic E-state index is 0.341. The molecule has 0 aliphatic carbocycles. The Hall–Kier alpha value is -0.420. The highest BCUT2D eigenvalue weighted by Crippen LogP contribution is 2.32. The van der Waals surface area contributed by atoms with Gasteiger partial charge in [0.05, 0.1) is 17.7 Å². The van der Waals surface area contributed by atoms with E-state index in [9.17, 15) is 5.11 Å². The molecule has 0 fully saturated rings. The summed E-state index contributed by atoms with van der Waals surface area (Å²) < 4.78 is 5.12. The largest absolute Gasteiger partial charge is 0.398 e. The van der Waals surface area contributed by atoms with Crippen LogP contribution in [0, 0.1) is 0 Å². The summed E-state index contributed by atoms with van der Waals surface area (Å²) in [5, 5.41) is 10.2. The molecule has 1 unspecified atom stereocenters. The summed E-state index contributed by atoms with van der Waals surface area (Å²) in [5.74, 6) is 0.522. The molecule has 0 aliphatic heterocycles. The first-order chi connectivity index (χ1) is 7.65. The number of hydrogen-bond acceptors (Lipinski definition) is 4. The number of benzene rings is 1. The molecule has 1 rings (SSSR count). The van der Waals surface area contributed by atoms with Crippen LogP contribution in [0.4, 0.5) is 5.69 Å². The molecule has 0 aliphatic rings. The lowest BCUT2D eigenvalue weighted by atomic mass is 10.3. The Bertz CT molecular complexity index is 316. The number of nitrogens with two attached hydrogens (primary N) is 1. The van der Waals surface area contributed by atoms with E-state index in [-0.39, 0.29) is 0 Å². The van der Waals surface area contributed by atoms with Crippen molar-refractivity contribution in [2.75, 3.05) is 24.7 Å². The van der Waals surface area contributed by atoms with Crippen molar-refractivity contribution < 1.29 is 9.84 Å². The van der Waals surface area contributed by atoms with Crippen molar-refractivity contribution in [1.82, 2.24) is 0 Å². The Balaban J connectivity index is 2.48. The first-order valence-electron chi connectivity index (χ1n) is 5.07. The summed E-state index contributed by atoms with van der Waals surface area (Å²) in [6, 6.07) is 5.39. The average Bonchev–Trinajstić information content (AvgIpc) is 2.25. The Kier molecular flexibility index (Phi) is 5.98. The smallest absolute Gasteiger partial charge is 0.0867 e. The second-order valence-electron chi connectivity index (χ2n) is 3.28. The second kappa shape index (κ2) is 7.01. The number of halogens is 1. The number of aliphatic hydroxyl groups is 1. The fourth-order valence-corrected chi connectivity index (χ4v) is 2.40. The molecule has 0 bridgehead atoms. The standard InChI is InChI=1S/C11H16ClNO2S/c1-2-15-6-8(14)7-16-11-9(12)4-3-5-10(11)13/h3-5,8,14H,2,6-7,13H2,1H3. The highest BCUT2D eigenvalue weighted by molar-refractivity contribution is 7.99. The normalized spacial score (nSPS) is 12.7. The van der Waals surface area contributed by atoms with Crippen LogP contribution in [-0.2, 0) is 4.74 Å². The van der Waals surface area contributed by atoms with Gasteiger partial charge in [0.2, 0.25) is 0 Å². The highest BCUT2D eigenvalue weighted by Gasteiger charge is 2.09. The van der Waals surface area contributed by atoms with Gasteiger partial charge in [-0.2, -0.15) is 0 Å². The average molecular weight is 262 g/mol. The van der Waals surface area contributed by atoms with Gasteiger partial charge in [-0.05, 0) is 19.1 Å². The maximum Gasteiger partial charge on any atom is 0.0867 e. The van der Waals surface area contributed by atoms with Crippen molar-refractivity contribution in [2.24, 2.45) is 0 Å². The molecule has 90 valence electrons. The Morgan fingerprint density at radius 2 is 2.31 bits per heavy atom. The lowest BCUT2D eigenvalue weighted by molar-refractivity contribution is 0.0551. The number of aliphatic hydroxyl groups excluding tert-OH is 1. The van der Waals surface area contributed by atoms with Gasteiger partial charge >= 0.3 is 0 Å². The van der Waals surface area contributed by atoms with Gasteiger partial charge in [-0.1, -0.05) is 17.7 Å². The maximum absolute atomic E-state index is 9.59. The van der Waals surface area contributed by atoms with E-state index in [0.29, 0.717) is 29.7 Å². The molecule has 1 aromatic carbocycles. The summed E-state index contributed by atoms with van der Waals surface area (Å²) in [4.78, 5) is 0.819. The molecular formula is C11H16ClNO2S. The van der Waals surface area contributed by atoms with Crippen LogP contribution < -0.4 is 5.73 Å². The van der Waals surface area contributed by atoms with Gasteiger partial charge in [-0.25, -0.2) is 0 Å². The fourth-order valence-electron chi connectivity index (χ4n) is 1.16. The lowest BCUT2D eigenvalue weighted by Crippen LogP contribution is -2.17. The molecule has 16 heavy (non-hydrogen) atoms. The van der Waals surface area contributed by atoms with Gasteiger partial charge in [0, 0.05) is 22.9 Å². The van der Waals surface area contributed by atoms with Crippen LogP contribution in [0.15, 0.2) is 23.1 Å². The molecule has 0 aromatic heterocycles. The molecule has 0 radical (unpaired) electrons. The number of hydrogen-bond donors (Lipinski definition) is 2. The van der Waals surface area contributed by atoms with Gasteiger partial charge in [-0.3, -0.25) is 0 Å². The summed E-state index contributed by atoms with van der Waals surface area (Å²) in [6.45, 7) is 2.84. The van der Waals surface area contributed by atoms with E-state index in [4.69, 9.17) is 22.1 Å². The van der Waals surface area contributed by atoms with Crippen LogP contribution in [0.1, 0.15) is 6.92 Å². The van der Waals surface area contributed by atoms with Gasteiger partial charge in [0.25, 0.3) is 0 Å². The molecule has 3 nitrogen and oxygen atoms in total. The van der Waals surface area contributed by atoms with E-state index < -0.39 is 6.10 Å². The van der Waals surface area contributed by atoms with E-state index in [2.05, 4.69) is 0 Å². The summed E-state index contributed by atoms with van der Waals surface area (Å²) in [5.41, 5.74) is 6.43. The minimum Gasteiger partial charge on any atom is -0.398 e. The molecular weight excluding hydrogens is 246 g/mol. The first-order valence-corrected chi connectivity index (χ1v) is 6.44. The van der Waals surface area contributed by atoms with Crippen LogP contribution in [0.2, 0.25) is 5.02 Å². The third-order valence-electron chi connectivity index (χ3n) is 1.93. The van der Waals surface area contributed by atoms with Crippen molar-refractivity contribution in [3.05, 3.63) is 23.2 Å². The predicted molar refractivity (Wildman–Crippen MR) is 69.1 cm³/mol. The third-order valence-corrected chi connectivity index (χ3v) is 3.65. The molecule has 0 spiro atoms. The summed E-state index contributed by atoms with van der Waals surface area (Å²) in [6.07, 6.45) is -0.499. The zero-order chi connectivity index (χ0) is 12.0. The van der Waals surface area contributed by atoms with Crippen molar-refractivity contribution >= 4 is 29.1 Å². The van der Waals surface area contributed by atoms with E-state index in [0.717, 1.165) is 4.90 Å². The quantitative estimate of drug-likeness (QED) is 0.610. The van der Waals surface area contributed by atoms with E-state index >= 15 is 0 Å². The zero-order valence-electron chi connectivity index (χ0n) is 9.15. The molecule has 1 atom stereocenters. The molecule has 0 saturated heterocycles. The topological polar surface area (TPSA) is 55.5 Å². The van der Waals surface area contributed by atoms with E-state index in [1.807, 2.05) is 6.92 Å². The lowest BCUT2D eigenvalue weighted by Gasteiger charge is -2.12. The highest BCUT2D eigenvalue weighted by atomic mass is 35.5. The number of ether oxygens (including phenoxy) is 1. The van der Waals surface area contributed by atoms with Gasteiger partial charge in [0.1, 0.15) is 0 Å². The van der Waals surface area contributed by atoms with Crippen LogP contribution in [-0.4, -0.2) is 30.2 Å². The van der Waals surface area contributed by atoms with Crippen LogP contribution >= 0.6 is 23.4 Å². The fraction of sp³-hybridized carbons (Fsp3) is 0.455. The Morgan fingerprint density at radius 1 is 1.56 bits per heavy atom. The van der Waals surface area contributed by atoms with Gasteiger partial charge < -0.3 is 15.6 Å². The maximum atomic E-state index is 9.59. The summed E-state index contributed by atoms with van der Waals surface area (Å²) in [7, 11) is 0. The minimum atomic E-state index is -0.499. The summed E-state index contributed by atoms with van der Waals surface area (Å²) >= 11 is 7.45. The van der Waals surface area contributed by atoms with E-state index in [1.165, 1.54) is 11.8 Å². The van der Waals surface area contributed by atoms with Crippen molar-refractivity contribution in [1.29, 1.82) is 0 Å². The van der Waals surface area contributed by atoms with E-state index in [1.54, 1.807) is 18.2 Å². The van der Waals surface area contributed by atoms with Crippen molar-refractivity contribution in [2.45, 2.75) is 17.9 Å². The van der Waals surface area contributed by atoms with Crippen molar-refractivity contribution in [3.8, 4) is 0 Å². The Labute approximate surface area is 105 Å². The monoisotopic (exact) mass is 261 g/mol. The third kappa shape index (κ3) is 4.22. The van der Waals surface area contributed by atoms with Crippen LogP contribution in [0.5, 0.6) is 0 Å². The number of nitrogen functional groups attached to an aromatic ring is 1. The number of rotatable bonds is 6. The van der Waals surface area contributed by atoms with Crippen LogP contribution in [0.25, 0.3) is 0 Å². The molecule has 1 aromatic rings. The van der Waals surface area contributed by atoms with Crippen LogP contribution in [0.3, 0.4) is 0 Å². The number of thioether (sulfide) groups is 1. The Morgan fingerprint density at radius 3 is 2.94 bits per heavy atom. The second-order valence-corrected chi connectivity index (χ2v) is 4.72. The molecule has 3 N–H and O–H groups in total. The number of anilines is 1. The predicted octanol–water partition coefficient (Wildman–Crippen LogP) is 2.41. The van der Waals surface area contributed by atoms with Crippen molar-refractivity contribution in [3.63, 3.8) is 0 Å². The molecule has 0 saturated carbocycles. The van der Waals surface area contributed by atoms with Gasteiger partial charge in [-0.15, -0.1) is 11.8 Å². The molecule has 0 amide bonds. The first kappa shape index (κ1) is 13.6. The SMILES string of the molecule is CCOCC(O)CSc1c(N)cccc1Cl. The van der Waals surface area contributed by atoms with Gasteiger partial charge in [0.15, 0.2) is 0 Å². The molecule has 5 heteroatoms. The zero-order valence-corrected chi connectivity index (χ0v) is 10.7. The molecule has 0 heterocycles.